The Bertz CT molecular complexity index is 296. The van der Waals surface area contributed by atoms with Gasteiger partial charge in [0.2, 0.25) is 0 Å². The zero-order valence-corrected chi connectivity index (χ0v) is 12.5. The van der Waals surface area contributed by atoms with Crippen LogP contribution in [0, 0.1) is 0 Å². The molecule has 0 aliphatic carbocycles. The van der Waals surface area contributed by atoms with Crippen LogP contribution in [0.3, 0.4) is 0 Å². The van der Waals surface area contributed by atoms with Crippen LogP contribution in [0.4, 0.5) is 0 Å². The third-order valence-corrected chi connectivity index (χ3v) is 3.66. The van der Waals surface area contributed by atoms with Gasteiger partial charge in [-0.15, -0.1) is 6.58 Å². The molecule has 2 N–H and O–H groups in total. The molecule has 1 fully saturated rings. The number of nitrogens with zero attached hydrogens (tertiary/aromatic N) is 2. The molecule has 1 heterocycles. The summed E-state index contributed by atoms with van der Waals surface area (Å²) in [6, 6.07) is 0. The van der Waals surface area contributed by atoms with Crippen molar-refractivity contribution in [3.63, 3.8) is 0 Å². The largest absolute Gasteiger partial charge is 0.381 e. The first-order valence-electron chi connectivity index (χ1n) is 7.03. The molecule has 0 amide bonds. The highest BCUT2D eigenvalue weighted by atomic mass is 16.5. The van der Waals surface area contributed by atoms with Crippen molar-refractivity contribution in [2.45, 2.75) is 25.3 Å². The van der Waals surface area contributed by atoms with Crippen molar-refractivity contribution in [3.05, 3.63) is 12.7 Å². The maximum Gasteiger partial charge on any atom is 0.191 e. The van der Waals surface area contributed by atoms with Crippen molar-refractivity contribution >= 4 is 5.96 Å². The SMILES string of the molecule is C=CCNC(=NCC1(N(C)C)CCOCC1)NCC. The number of aliphatic imine (C=N–C) groups is 1. The molecular formula is C14H28N4O. The molecule has 1 saturated heterocycles. The van der Waals surface area contributed by atoms with Gasteiger partial charge in [0.1, 0.15) is 0 Å². The first-order chi connectivity index (χ1) is 9.14. The molecule has 5 nitrogen and oxygen atoms in total. The lowest BCUT2D eigenvalue weighted by atomic mass is 9.89. The summed E-state index contributed by atoms with van der Waals surface area (Å²) in [6.45, 7) is 9.81. The van der Waals surface area contributed by atoms with Crippen molar-refractivity contribution in [3.8, 4) is 0 Å². The Morgan fingerprint density at radius 1 is 1.37 bits per heavy atom. The zero-order valence-electron chi connectivity index (χ0n) is 12.5. The van der Waals surface area contributed by atoms with Gasteiger partial charge in [-0.2, -0.15) is 0 Å². The Morgan fingerprint density at radius 3 is 2.58 bits per heavy atom. The number of hydrogen-bond donors (Lipinski definition) is 2. The molecule has 0 atom stereocenters. The van der Waals surface area contributed by atoms with Crippen LogP contribution in [0.25, 0.3) is 0 Å². The minimum absolute atomic E-state index is 0.120. The molecule has 0 bridgehead atoms. The highest BCUT2D eigenvalue weighted by Crippen LogP contribution is 2.26. The van der Waals surface area contributed by atoms with Crippen LogP contribution in [0.2, 0.25) is 0 Å². The molecule has 1 aliphatic rings. The molecule has 0 aromatic carbocycles. The summed E-state index contributed by atoms with van der Waals surface area (Å²) >= 11 is 0. The van der Waals surface area contributed by atoms with E-state index in [2.05, 4.69) is 43.1 Å². The number of rotatable bonds is 6. The van der Waals surface area contributed by atoms with Crippen LogP contribution in [0.1, 0.15) is 19.8 Å². The monoisotopic (exact) mass is 268 g/mol. The van der Waals surface area contributed by atoms with Gasteiger partial charge in [-0.3, -0.25) is 4.99 Å². The third-order valence-electron chi connectivity index (χ3n) is 3.66. The van der Waals surface area contributed by atoms with E-state index in [1.54, 1.807) is 0 Å². The van der Waals surface area contributed by atoms with Crippen molar-refractivity contribution in [2.75, 3.05) is 46.9 Å². The van der Waals surface area contributed by atoms with E-state index in [0.717, 1.165) is 51.6 Å². The fraction of sp³-hybridized carbons (Fsp3) is 0.786. The van der Waals surface area contributed by atoms with Crippen LogP contribution in [0.5, 0.6) is 0 Å². The minimum atomic E-state index is 0.120. The number of guanidine groups is 1. The van der Waals surface area contributed by atoms with Crippen LogP contribution < -0.4 is 10.6 Å². The summed E-state index contributed by atoms with van der Waals surface area (Å²) in [5.41, 5.74) is 0.120. The number of ether oxygens (including phenoxy) is 1. The molecule has 0 aromatic rings. The highest BCUT2D eigenvalue weighted by Gasteiger charge is 2.34. The van der Waals surface area contributed by atoms with E-state index >= 15 is 0 Å². The van der Waals surface area contributed by atoms with Crippen molar-refractivity contribution < 1.29 is 4.74 Å². The van der Waals surface area contributed by atoms with E-state index < -0.39 is 0 Å². The number of nitrogens with one attached hydrogen (secondary N) is 2. The summed E-state index contributed by atoms with van der Waals surface area (Å²) < 4.78 is 5.47. The van der Waals surface area contributed by atoms with Crippen LogP contribution >= 0.6 is 0 Å². The fourth-order valence-corrected chi connectivity index (χ4v) is 2.23. The average molecular weight is 268 g/mol. The maximum absolute atomic E-state index is 5.47. The standard InChI is InChI=1S/C14H28N4O/c1-5-9-16-13(15-6-2)17-12-14(18(3)4)7-10-19-11-8-14/h5H,1,6-12H2,2-4H3,(H2,15,16,17). The van der Waals surface area contributed by atoms with E-state index in [9.17, 15) is 0 Å². The fourth-order valence-electron chi connectivity index (χ4n) is 2.23. The van der Waals surface area contributed by atoms with Crippen molar-refractivity contribution in [2.24, 2.45) is 4.99 Å². The zero-order chi connectivity index (χ0) is 14.1. The van der Waals surface area contributed by atoms with Crippen LogP contribution in [-0.2, 0) is 4.74 Å². The second kappa shape index (κ2) is 8.17. The molecule has 5 heteroatoms. The van der Waals surface area contributed by atoms with Gasteiger partial charge in [0.15, 0.2) is 5.96 Å². The Morgan fingerprint density at radius 2 is 2.05 bits per heavy atom. The lowest BCUT2D eigenvalue weighted by Gasteiger charge is -2.41. The predicted molar refractivity (Wildman–Crippen MR) is 80.6 cm³/mol. The average Bonchev–Trinajstić information content (AvgIpc) is 2.43. The summed E-state index contributed by atoms with van der Waals surface area (Å²) in [5, 5.41) is 6.49. The smallest absolute Gasteiger partial charge is 0.191 e. The molecule has 0 radical (unpaired) electrons. The van der Waals surface area contributed by atoms with Gasteiger partial charge in [0.05, 0.1) is 6.54 Å². The third kappa shape index (κ3) is 4.84. The van der Waals surface area contributed by atoms with Gasteiger partial charge in [0, 0.05) is 31.8 Å². The second-order valence-electron chi connectivity index (χ2n) is 5.10. The summed E-state index contributed by atoms with van der Waals surface area (Å²) in [5.74, 6) is 0.857. The Balaban J connectivity index is 2.67. The Kier molecular flexibility index (Phi) is 6.87. The van der Waals surface area contributed by atoms with E-state index in [0.29, 0.717) is 0 Å². The maximum atomic E-state index is 5.47. The van der Waals surface area contributed by atoms with E-state index in [-0.39, 0.29) is 5.54 Å². The first kappa shape index (κ1) is 16.0. The predicted octanol–water partition coefficient (Wildman–Crippen LogP) is 0.838. The highest BCUT2D eigenvalue weighted by molar-refractivity contribution is 5.79. The topological polar surface area (TPSA) is 48.9 Å². The lowest BCUT2D eigenvalue weighted by Crippen LogP contribution is -2.51. The molecule has 0 unspecified atom stereocenters. The van der Waals surface area contributed by atoms with Crippen molar-refractivity contribution in [1.29, 1.82) is 0 Å². The van der Waals surface area contributed by atoms with Gasteiger partial charge in [0.25, 0.3) is 0 Å². The van der Waals surface area contributed by atoms with Crippen LogP contribution in [0.15, 0.2) is 17.6 Å². The molecule has 0 spiro atoms. The van der Waals surface area contributed by atoms with Gasteiger partial charge in [-0.25, -0.2) is 0 Å². The van der Waals surface area contributed by atoms with E-state index in [4.69, 9.17) is 9.73 Å². The quantitative estimate of drug-likeness (QED) is 0.426. The molecule has 1 aliphatic heterocycles. The van der Waals surface area contributed by atoms with E-state index in [1.807, 2.05) is 6.08 Å². The minimum Gasteiger partial charge on any atom is -0.381 e. The molecule has 1 rings (SSSR count). The first-order valence-corrected chi connectivity index (χ1v) is 7.03. The Hall–Kier alpha value is -1.07. The normalized spacial score (nSPS) is 19.3. The van der Waals surface area contributed by atoms with Gasteiger partial charge in [-0.05, 0) is 33.9 Å². The van der Waals surface area contributed by atoms with Gasteiger partial charge >= 0.3 is 0 Å². The van der Waals surface area contributed by atoms with Gasteiger partial charge < -0.3 is 20.3 Å². The van der Waals surface area contributed by atoms with Crippen molar-refractivity contribution in [1.82, 2.24) is 15.5 Å². The van der Waals surface area contributed by atoms with Crippen LogP contribution in [-0.4, -0.2) is 63.3 Å². The molecule has 0 aromatic heterocycles. The summed E-state index contributed by atoms with van der Waals surface area (Å²) in [6.07, 6.45) is 3.90. The molecule has 0 saturated carbocycles. The van der Waals surface area contributed by atoms with E-state index in [1.165, 1.54) is 0 Å². The summed E-state index contributed by atoms with van der Waals surface area (Å²) in [4.78, 5) is 7.01. The Labute approximate surface area is 117 Å². The molecule has 110 valence electrons. The molecular weight excluding hydrogens is 240 g/mol. The number of likely N-dealkylation sites (N-methyl/N-ethyl adjacent to an activating group) is 1. The summed E-state index contributed by atoms with van der Waals surface area (Å²) in [7, 11) is 4.26. The number of hydrogen-bond acceptors (Lipinski definition) is 3. The second-order valence-corrected chi connectivity index (χ2v) is 5.10. The molecule has 19 heavy (non-hydrogen) atoms. The lowest BCUT2D eigenvalue weighted by molar-refractivity contribution is -0.00254. The van der Waals surface area contributed by atoms with Gasteiger partial charge in [-0.1, -0.05) is 6.08 Å².